The Bertz CT molecular complexity index is 465. The van der Waals surface area contributed by atoms with Gasteiger partial charge < -0.3 is 20.3 Å². The van der Waals surface area contributed by atoms with Crippen LogP contribution in [-0.4, -0.2) is 51.1 Å². The van der Waals surface area contributed by atoms with Crippen molar-refractivity contribution in [1.29, 1.82) is 0 Å². The fourth-order valence-corrected chi connectivity index (χ4v) is 2.02. The van der Waals surface area contributed by atoms with E-state index < -0.39 is 0 Å². The molecule has 1 aromatic rings. The number of nitrogens with zero attached hydrogens (tertiary/aromatic N) is 1. The second kappa shape index (κ2) is 12.4. The van der Waals surface area contributed by atoms with Crippen molar-refractivity contribution >= 4 is 30.7 Å². The second-order valence-corrected chi connectivity index (χ2v) is 6.15. The molecule has 0 saturated heterocycles. The van der Waals surface area contributed by atoms with Crippen molar-refractivity contribution in [2.75, 3.05) is 40.3 Å². The summed E-state index contributed by atoms with van der Waals surface area (Å²) in [6.45, 7) is 3.50. The van der Waals surface area contributed by atoms with E-state index in [1.807, 2.05) is 38.4 Å². The van der Waals surface area contributed by atoms with Crippen molar-refractivity contribution in [2.24, 2.45) is 5.92 Å². The van der Waals surface area contributed by atoms with Crippen LogP contribution in [0.1, 0.15) is 18.4 Å². The number of ether oxygens (including phenoxy) is 1. The number of benzene rings is 1. The molecule has 0 heterocycles. The Morgan fingerprint density at radius 1 is 1.21 bits per heavy atom. The molecule has 0 aliphatic heterocycles. The quantitative estimate of drug-likeness (QED) is 0.655. The maximum atomic E-state index is 11.7. The van der Waals surface area contributed by atoms with Crippen molar-refractivity contribution in [3.63, 3.8) is 0 Å². The number of nitrogens with one attached hydrogen (secondary N) is 2. The van der Waals surface area contributed by atoms with Gasteiger partial charge in [0.05, 0.1) is 6.54 Å². The molecule has 1 aromatic carbocycles. The Hall–Kier alpha value is -1.01. The van der Waals surface area contributed by atoms with Crippen LogP contribution in [0.15, 0.2) is 24.3 Å². The average Bonchev–Trinajstić information content (AvgIpc) is 3.30. The van der Waals surface area contributed by atoms with Crippen LogP contribution in [0.25, 0.3) is 0 Å². The van der Waals surface area contributed by atoms with E-state index in [1.54, 1.807) is 0 Å². The fourth-order valence-electron chi connectivity index (χ4n) is 2.02. The Morgan fingerprint density at radius 3 is 2.46 bits per heavy atom. The number of carbonyl (C=O) groups excluding carboxylic acids is 1. The van der Waals surface area contributed by atoms with Gasteiger partial charge in [-0.15, -0.1) is 24.8 Å². The lowest BCUT2D eigenvalue weighted by Gasteiger charge is -2.11. The molecular formula is C17H29Cl2N3O2. The van der Waals surface area contributed by atoms with Gasteiger partial charge in [0.25, 0.3) is 0 Å². The van der Waals surface area contributed by atoms with E-state index in [9.17, 15) is 4.79 Å². The van der Waals surface area contributed by atoms with Gasteiger partial charge in [0.15, 0.2) is 0 Å². The van der Waals surface area contributed by atoms with Gasteiger partial charge in [-0.1, -0.05) is 12.1 Å². The highest BCUT2D eigenvalue weighted by atomic mass is 35.5. The van der Waals surface area contributed by atoms with Crippen molar-refractivity contribution in [2.45, 2.75) is 19.4 Å². The molecule has 1 amide bonds. The Labute approximate surface area is 157 Å². The minimum Gasteiger partial charge on any atom is -0.492 e. The Balaban J connectivity index is 0.00000264. The number of hydrogen-bond donors (Lipinski definition) is 2. The van der Waals surface area contributed by atoms with Crippen LogP contribution in [0.4, 0.5) is 0 Å². The van der Waals surface area contributed by atoms with Crippen LogP contribution >= 0.6 is 24.8 Å². The first-order chi connectivity index (χ1) is 10.6. The van der Waals surface area contributed by atoms with Gasteiger partial charge in [-0.25, -0.2) is 0 Å². The highest BCUT2D eigenvalue weighted by Crippen LogP contribution is 2.27. The fraction of sp³-hybridized carbons (Fsp3) is 0.588. The first-order valence-corrected chi connectivity index (χ1v) is 7.97. The minimum atomic E-state index is 0. The summed E-state index contributed by atoms with van der Waals surface area (Å²) < 4.78 is 5.64. The van der Waals surface area contributed by atoms with Gasteiger partial charge in [0, 0.05) is 13.1 Å². The summed E-state index contributed by atoms with van der Waals surface area (Å²) in [5.74, 6) is 1.71. The molecule has 138 valence electrons. The van der Waals surface area contributed by atoms with Crippen LogP contribution in [0.5, 0.6) is 5.75 Å². The maximum Gasteiger partial charge on any atom is 0.234 e. The zero-order valence-corrected chi connectivity index (χ0v) is 16.0. The Kier molecular flexibility index (Phi) is 11.8. The van der Waals surface area contributed by atoms with Gasteiger partial charge in [-0.05, 0) is 57.1 Å². The molecule has 0 atom stereocenters. The average molecular weight is 378 g/mol. The monoisotopic (exact) mass is 377 g/mol. The highest BCUT2D eigenvalue weighted by molar-refractivity contribution is 5.85. The largest absolute Gasteiger partial charge is 0.492 e. The van der Waals surface area contributed by atoms with E-state index in [-0.39, 0.29) is 30.7 Å². The third kappa shape index (κ3) is 9.98. The third-order valence-corrected chi connectivity index (χ3v) is 3.64. The topological polar surface area (TPSA) is 53.6 Å². The van der Waals surface area contributed by atoms with Crippen molar-refractivity contribution in [1.82, 2.24) is 15.5 Å². The molecule has 7 heteroatoms. The SMILES string of the molecule is CN(C)CCOc1ccc(CNC(=O)CNCC2CC2)cc1.Cl.Cl. The molecule has 0 bridgehead atoms. The molecule has 2 N–H and O–H groups in total. The lowest BCUT2D eigenvalue weighted by atomic mass is 10.2. The molecular weight excluding hydrogens is 349 g/mol. The summed E-state index contributed by atoms with van der Waals surface area (Å²) in [5.41, 5.74) is 1.08. The van der Waals surface area contributed by atoms with Crippen LogP contribution in [0.3, 0.4) is 0 Å². The Morgan fingerprint density at radius 2 is 1.88 bits per heavy atom. The molecule has 2 rings (SSSR count). The zero-order chi connectivity index (χ0) is 15.8. The van der Waals surface area contributed by atoms with Gasteiger partial charge >= 0.3 is 0 Å². The van der Waals surface area contributed by atoms with Crippen LogP contribution in [0, 0.1) is 5.92 Å². The van der Waals surface area contributed by atoms with E-state index in [2.05, 4.69) is 15.5 Å². The number of likely N-dealkylation sites (N-methyl/N-ethyl adjacent to an activating group) is 1. The first kappa shape index (κ1) is 23.0. The molecule has 0 unspecified atom stereocenters. The number of hydrogen-bond acceptors (Lipinski definition) is 4. The van der Waals surface area contributed by atoms with Crippen molar-refractivity contribution < 1.29 is 9.53 Å². The van der Waals surface area contributed by atoms with Gasteiger partial charge in [0.1, 0.15) is 12.4 Å². The van der Waals surface area contributed by atoms with E-state index >= 15 is 0 Å². The standard InChI is InChI=1S/C17H27N3O2.2ClH/c1-20(2)9-10-22-16-7-5-15(6-8-16)12-19-17(21)13-18-11-14-3-4-14;;/h5-8,14,18H,3-4,9-13H2,1-2H3,(H,19,21);2*1H. The molecule has 1 fully saturated rings. The summed E-state index contributed by atoms with van der Waals surface area (Å²) in [5, 5.41) is 6.11. The van der Waals surface area contributed by atoms with E-state index in [1.165, 1.54) is 12.8 Å². The normalized spacial score (nSPS) is 13.0. The predicted molar refractivity (Wildman–Crippen MR) is 102 cm³/mol. The molecule has 0 aromatic heterocycles. The molecule has 24 heavy (non-hydrogen) atoms. The number of carbonyl (C=O) groups is 1. The summed E-state index contributed by atoms with van der Waals surface area (Å²) in [6, 6.07) is 7.87. The molecule has 5 nitrogen and oxygen atoms in total. The van der Waals surface area contributed by atoms with E-state index in [0.717, 1.165) is 30.3 Å². The summed E-state index contributed by atoms with van der Waals surface area (Å²) in [4.78, 5) is 13.8. The van der Waals surface area contributed by atoms with E-state index in [4.69, 9.17) is 4.74 Å². The first-order valence-electron chi connectivity index (χ1n) is 7.97. The maximum absolute atomic E-state index is 11.7. The number of halogens is 2. The molecule has 0 radical (unpaired) electrons. The van der Waals surface area contributed by atoms with Crippen LogP contribution in [0.2, 0.25) is 0 Å². The summed E-state index contributed by atoms with van der Waals surface area (Å²) in [6.07, 6.45) is 2.61. The van der Waals surface area contributed by atoms with Gasteiger partial charge in [-0.3, -0.25) is 4.79 Å². The summed E-state index contributed by atoms with van der Waals surface area (Å²) in [7, 11) is 4.04. The third-order valence-electron chi connectivity index (χ3n) is 3.64. The second-order valence-electron chi connectivity index (χ2n) is 6.15. The van der Waals surface area contributed by atoms with Crippen molar-refractivity contribution in [3.05, 3.63) is 29.8 Å². The number of amides is 1. The minimum absolute atomic E-state index is 0. The number of rotatable bonds is 10. The molecule has 1 aliphatic rings. The predicted octanol–water partition coefficient (Wildman–Crippen LogP) is 2.09. The molecule has 1 saturated carbocycles. The van der Waals surface area contributed by atoms with Gasteiger partial charge in [-0.2, -0.15) is 0 Å². The molecule has 1 aliphatic carbocycles. The van der Waals surface area contributed by atoms with E-state index in [0.29, 0.717) is 19.7 Å². The lowest BCUT2D eigenvalue weighted by Crippen LogP contribution is -2.34. The van der Waals surface area contributed by atoms with Crippen LogP contribution < -0.4 is 15.4 Å². The smallest absolute Gasteiger partial charge is 0.234 e. The van der Waals surface area contributed by atoms with Crippen molar-refractivity contribution in [3.8, 4) is 5.75 Å². The zero-order valence-electron chi connectivity index (χ0n) is 14.4. The van der Waals surface area contributed by atoms with Gasteiger partial charge in [0.2, 0.25) is 5.91 Å². The van der Waals surface area contributed by atoms with Crippen LogP contribution in [-0.2, 0) is 11.3 Å². The summed E-state index contributed by atoms with van der Waals surface area (Å²) >= 11 is 0. The highest BCUT2D eigenvalue weighted by Gasteiger charge is 2.20. The molecule has 0 spiro atoms. The lowest BCUT2D eigenvalue weighted by molar-refractivity contribution is -0.120.